The molecule has 0 heterocycles. The first-order chi connectivity index (χ1) is 8.56. The number of carbonyl (C=O) groups is 1. The van der Waals surface area contributed by atoms with E-state index in [0.717, 1.165) is 0 Å². The topological polar surface area (TPSA) is 35.5 Å². The molecule has 0 aromatic heterocycles. The van der Waals surface area contributed by atoms with E-state index in [2.05, 4.69) is 4.74 Å². The Morgan fingerprint density at radius 3 is 2.72 bits per heavy atom. The molecule has 1 aromatic rings. The average Bonchev–Trinajstić information content (AvgIpc) is 2.34. The van der Waals surface area contributed by atoms with Crippen molar-refractivity contribution in [2.75, 3.05) is 20.3 Å². The highest BCUT2D eigenvalue weighted by Gasteiger charge is 2.15. The molecule has 0 fully saturated rings. The number of hydrogen-bond acceptors (Lipinski definition) is 3. The fourth-order valence-corrected chi connectivity index (χ4v) is 1.36. The maximum absolute atomic E-state index is 13.7. The lowest BCUT2D eigenvalue weighted by molar-refractivity contribution is 0.0169. The molecule has 1 aromatic carbocycles. The zero-order valence-electron chi connectivity index (χ0n) is 9.79. The van der Waals surface area contributed by atoms with Gasteiger partial charge in [0.1, 0.15) is 6.61 Å². The van der Waals surface area contributed by atoms with Crippen LogP contribution in [0.1, 0.15) is 16.8 Å². The molecule has 0 unspecified atom stereocenters. The monoisotopic (exact) mass is 262 g/mol. The third-order valence-electron chi connectivity index (χ3n) is 2.20. The average molecular weight is 262 g/mol. The van der Waals surface area contributed by atoms with Crippen LogP contribution >= 0.6 is 0 Å². The van der Waals surface area contributed by atoms with Gasteiger partial charge >= 0.3 is 0 Å². The zero-order valence-corrected chi connectivity index (χ0v) is 9.79. The van der Waals surface area contributed by atoms with E-state index < -0.39 is 24.6 Å². The Hall–Kier alpha value is -1.56. The van der Waals surface area contributed by atoms with Gasteiger partial charge in [0.15, 0.2) is 17.3 Å². The largest absolute Gasteiger partial charge is 0.494 e. The number of hydrogen-bond donors (Lipinski definition) is 0. The molecule has 18 heavy (non-hydrogen) atoms. The number of rotatable bonds is 7. The van der Waals surface area contributed by atoms with Crippen molar-refractivity contribution in [3.63, 3.8) is 0 Å². The molecule has 0 aliphatic rings. The lowest BCUT2D eigenvalue weighted by Gasteiger charge is -2.07. The van der Waals surface area contributed by atoms with Crippen LogP contribution < -0.4 is 4.74 Å². The predicted molar refractivity (Wildman–Crippen MR) is 58.7 cm³/mol. The zero-order chi connectivity index (χ0) is 13.5. The van der Waals surface area contributed by atoms with E-state index in [-0.39, 0.29) is 24.3 Å². The first-order valence-electron chi connectivity index (χ1n) is 5.28. The fraction of sp³-hybridized carbons (Fsp3) is 0.417. The highest BCUT2D eigenvalue weighted by Crippen LogP contribution is 2.20. The molecule has 0 atom stereocenters. The second-order valence-corrected chi connectivity index (χ2v) is 3.46. The highest BCUT2D eigenvalue weighted by molar-refractivity contribution is 5.96. The molecule has 0 N–H and O–H groups in total. The maximum atomic E-state index is 13.7. The fourth-order valence-electron chi connectivity index (χ4n) is 1.36. The van der Waals surface area contributed by atoms with Crippen molar-refractivity contribution >= 4 is 5.78 Å². The summed E-state index contributed by atoms with van der Waals surface area (Å²) in [5.41, 5.74) is -0.130. The summed E-state index contributed by atoms with van der Waals surface area (Å²) in [4.78, 5) is 11.6. The molecule has 0 saturated carbocycles. The van der Waals surface area contributed by atoms with Crippen LogP contribution in [0, 0.1) is 5.82 Å². The van der Waals surface area contributed by atoms with E-state index in [1.165, 1.54) is 25.3 Å². The molecule has 0 aliphatic heterocycles. The Morgan fingerprint density at radius 2 is 2.11 bits per heavy atom. The third-order valence-corrected chi connectivity index (χ3v) is 2.20. The van der Waals surface area contributed by atoms with Gasteiger partial charge in [-0.05, 0) is 12.1 Å². The molecular formula is C12H13F3O3. The van der Waals surface area contributed by atoms with Gasteiger partial charge in [0.05, 0.1) is 19.3 Å². The molecule has 0 bridgehead atoms. The van der Waals surface area contributed by atoms with Crippen LogP contribution in [-0.4, -0.2) is 32.5 Å². The molecule has 0 radical (unpaired) electrons. The normalized spacial score (nSPS) is 10.7. The SMILES string of the molecule is COc1cccc(C(=O)CCOCC(F)F)c1F. The minimum Gasteiger partial charge on any atom is -0.494 e. The molecule has 1 rings (SSSR count). The summed E-state index contributed by atoms with van der Waals surface area (Å²) in [6, 6.07) is 4.18. The number of halogens is 3. The smallest absolute Gasteiger partial charge is 0.261 e. The van der Waals surface area contributed by atoms with Gasteiger partial charge in [0.25, 0.3) is 6.43 Å². The summed E-state index contributed by atoms with van der Waals surface area (Å²) in [5.74, 6) is -1.30. The number of ether oxygens (including phenoxy) is 2. The lowest BCUT2D eigenvalue weighted by atomic mass is 10.1. The van der Waals surface area contributed by atoms with Crippen molar-refractivity contribution in [2.45, 2.75) is 12.8 Å². The van der Waals surface area contributed by atoms with Gasteiger partial charge < -0.3 is 9.47 Å². The quantitative estimate of drug-likeness (QED) is 0.560. The molecule has 3 nitrogen and oxygen atoms in total. The second kappa shape index (κ2) is 7.00. The summed E-state index contributed by atoms with van der Waals surface area (Å²) in [6.07, 6.45) is -2.73. The Kier molecular flexibility index (Phi) is 5.64. The van der Waals surface area contributed by atoms with Gasteiger partial charge in [0.2, 0.25) is 0 Å². The first-order valence-corrected chi connectivity index (χ1v) is 5.28. The van der Waals surface area contributed by atoms with Gasteiger partial charge in [0, 0.05) is 6.42 Å². The van der Waals surface area contributed by atoms with Crippen LogP contribution in [0.3, 0.4) is 0 Å². The van der Waals surface area contributed by atoms with Crippen LogP contribution in [0.5, 0.6) is 5.75 Å². The minimum atomic E-state index is -2.58. The van der Waals surface area contributed by atoms with Crippen LogP contribution in [0.4, 0.5) is 13.2 Å². The first kappa shape index (κ1) is 14.5. The van der Waals surface area contributed by atoms with Crippen LogP contribution in [-0.2, 0) is 4.74 Å². The molecule has 100 valence electrons. The molecule has 6 heteroatoms. The molecular weight excluding hydrogens is 249 g/mol. The van der Waals surface area contributed by atoms with E-state index in [9.17, 15) is 18.0 Å². The molecule has 0 amide bonds. The van der Waals surface area contributed by atoms with Gasteiger partial charge in [-0.15, -0.1) is 0 Å². The van der Waals surface area contributed by atoms with E-state index in [1.807, 2.05) is 0 Å². The molecule has 0 saturated heterocycles. The summed E-state index contributed by atoms with van der Waals surface area (Å²) >= 11 is 0. The number of ketones is 1. The van der Waals surface area contributed by atoms with Gasteiger partial charge in [-0.3, -0.25) is 4.79 Å². The lowest BCUT2D eigenvalue weighted by Crippen LogP contribution is -2.10. The van der Waals surface area contributed by atoms with Crippen molar-refractivity contribution in [3.8, 4) is 5.75 Å². The van der Waals surface area contributed by atoms with Gasteiger partial charge in [-0.2, -0.15) is 0 Å². The summed E-state index contributed by atoms with van der Waals surface area (Å²) < 4.78 is 46.5. The maximum Gasteiger partial charge on any atom is 0.261 e. The van der Waals surface area contributed by atoms with E-state index in [4.69, 9.17) is 4.74 Å². The van der Waals surface area contributed by atoms with Crippen molar-refractivity contribution in [1.82, 2.24) is 0 Å². The van der Waals surface area contributed by atoms with Crippen LogP contribution in [0.2, 0.25) is 0 Å². The molecule has 0 spiro atoms. The van der Waals surface area contributed by atoms with Crippen LogP contribution in [0.25, 0.3) is 0 Å². The predicted octanol–water partition coefficient (Wildman–Crippen LogP) is 2.69. The van der Waals surface area contributed by atoms with E-state index in [1.54, 1.807) is 0 Å². The summed E-state index contributed by atoms with van der Waals surface area (Å²) in [6.45, 7) is -0.895. The summed E-state index contributed by atoms with van der Waals surface area (Å²) in [5, 5.41) is 0. The number of Topliss-reactive ketones (excluding diaryl/α,β-unsaturated/α-hetero) is 1. The number of carbonyl (C=O) groups excluding carboxylic acids is 1. The van der Waals surface area contributed by atoms with Crippen LogP contribution in [0.15, 0.2) is 18.2 Å². The van der Waals surface area contributed by atoms with Crippen molar-refractivity contribution in [3.05, 3.63) is 29.6 Å². The minimum absolute atomic E-state index is 0.0330. The standard InChI is InChI=1S/C12H13F3O3/c1-17-10-4-2-3-8(12(10)15)9(16)5-6-18-7-11(13)14/h2-4,11H,5-7H2,1H3. The van der Waals surface area contributed by atoms with Gasteiger partial charge in [-0.1, -0.05) is 6.07 Å². The van der Waals surface area contributed by atoms with Gasteiger partial charge in [-0.25, -0.2) is 13.2 Å². The van der Waals surface area contributed by atoms with E-state index >= 15 is 0 Å². The van der Waals surface area contributed by atoms with E-state index in [0.29, 0.717) is 0 Å². The second-order valence-electron chi connectivity index (χ2n) is 3.46. The Morgan fingerprint density at radius 1 is 1.39 bits per heavy atom. The van der Waals surface area contributed by atoms with Crippen molar-refractivity contribution in [1.29, 1.82) is 0 Å². The number of alkyl halides is 2. The summed E-state index contributed by atoms with van der Waals surface area (Å²) in [7, 11) is 1.29. The number of methoxy groups -OCH3 is 1. The van der Waals surface area contributed by atoms with Crippen molar-refractivity contribution in [2.24, 2.45) is 0 Å². The van der Waals surface area contributed by atoms with Crippen molar-refractivity contribution < 1.29 is 27.4 Å². The Labute approximate surface area is 103 Å². The highest BCUT2D eigenvalue weighted by atomic mass is 19.3. The Bertz CT molecular complexity index is 408. The molecule has 0 aliphatic carbocycles. The Balaban J connectivity index is 2.56. The third kappa shape index (κ3) is 4.03. The number of benzene rings is 1.